The lowest BCUT2D eigenvalue weighted by atomic mass is 10.2. The Balaban J connectivity index is 1.75. The molecular weight excluding hydrogens is 284 g/mol. The van der Waals surface area contributed by atoms with Crippen LogP contribution in [0.5, 0.6) is 5.75 Å². The van der Waals surface area contributed by atoms with Crippen molar-refractivity contribution in [1.29, 1.82) is 0 Å². The number of pyridine rings is 1. The number of aromatic nitrogens is 3. The molecular formula is C15H20N4O3. The maximum Gasteiger partial charge on any atom is 0.246 e. The van der Waals surface area contributed by atoms with Gasteiger partial charge >= 0.3 is 0 Å². The van der Waals surface area contributed by atoms with Crippen molar-refractivity contribution in [2.24, 2.45) is 0 Å². The van der Waals surface area contributed by atoms with Crippen LogP contribution in [0, 0.1) is 13.8 Å². The summed E-state index contributed by atoms with van der Waals surface area (Å²) in [4.78, 5) is 6.59. The molecule has 1 aliphatic rings. The van der Waals surface area contributed by atoms with Crippen LogP contribution in [0.4, 0.5) is 0 Å². The predicted octanol–water partition coefficient (Wildman–Crippen LogP) is 1.75. The van der Waals surface area contributed by atoms with Crippen LogP contribution in [0.25, 0.3) is 0 Å². The van der Waals surface area contributed by atoms with Crippen LogP contribution in [-0.2, 0) is 11.3 Å². The van der Waals surface area contributed by atoms with Crippen LogP contribution in [0.3, 0.4) is 0 Å². The van der Waals surface area contributed by atoms with Gasteiger partial charge in [0.25, 0.3) is 0 Å². The number of rotatable bonds is 3. The van der Waals surface area contributed by atoms with Gasteiger partial charge in [0.05, 0.1) is 11.8 Å². The van der Waals surface area contributed by atoms with Crippen molar-refractivity contribution in [3.63, 3.8) is 0 Å². The average molecular weight is 304 g/mol. The van der Waals surface area contributed by atoms with Crippen LogP contribution >= 0.6 is 0 Å². The van der Waals surface area contributed by atoms with Crippen LogP contribution < -0.4 is 0 Å². The van der Waals surface area contributed by atoms with Gasteiger partial charge in [-0.05, 0) is 26.0 Å². The molecule has 1 saturated heterocycles. The minimum Gasteiger partial charge on any atom is -0.506 e. The molecule has 7 heteroatoms. The Labute approximate surface area is 128 Å². The van der Waals surface area contributed by atoms with E-state index >= 15 is 0 Å². The molecule has 22 heavy (non-hydrogen) atoms. The quantitative estimate of drug-likeness (QED) is 0.924. The van der Waals surface area contributed by atoms with Crippen molar-refractivity contribution in [2.75, 3.05) is 13.1 Å². The summed E-state index contributed by atoms with van der Waals surface area (Å²) in [5, 5.41) is 17.9. The average Bonchev–Trinajstić information content (AvgIpc) is 2.89. The van der Waals surface area contributed by atoms with Gasteiger partial charge in [0.15, 0.2) is 0 Å². The molecule has 0 amide bonds. The second-order valence-corrected chi connectivity index (χ2v) is 5.71. The van der Waals surface area contributed by atoms with Crippen LogP contribution in [0.1, 0.15) is 36.2 Å². The van der Waals surface area contributed by atoms with Crippen LogP contribution in [-0.4, -0.2) is 44.4 Å². The zero-order valence-corrected chi connectivity index (χ0v) is 13.0. The van der Waals surface area contributed by atoms with E-state index in [0.29, 0.717) is 30.6 Å². The molecule has 2 atom stereocenters. The molecule has 0 saturated carbocycles. The van der Waals surface area contributed by atoms with Crippen molar-refractivity contribution < 1.29 is 14.3 Å². The second-order valence-electron chi connectivity index (χ2n) is 5.71. The van der Waals surface area contributed by atoms with E-state index < -0.39 is 0 Å². The molecule has 0 unspecified atom stereocenters. The van der Waals surface area contributed by atoms with Gasteiger partial charge in [0.2, 0.25) is 11.8 Å². The van der Waals surface area contributed by atoms with E-state index in [4.69, 9.17) is 9.15 Å². The third kappa shape index (κ3) is 3.26. The summed E-state index contributed by atoms with van der Waals surface area (Å²) < 4.78 is 11.4. The molecule has 0 radical (unpaired) electrons. The molecule has 3 rings (SSSR count). The summed E-state index contributed by atoms with van der Waals surface area (Å²) in [5.41, 5.74) is 1.56. The van der Waals surface area contributed by atoms with Crippen molar-refractivity contribution in [1.82, 2.24) is 20.1 Å². The first-order valence-electron chi connectivity index (χ1n) is 7.34. The molecule has 0 bridgehead atoms. The monoisotopic (exact) mass is 304 g/mol. The number of morpholine rings is 1. The highest BCUT2D eigenvalue weighted by Crippen LogP contribution is 2.26. The Kier molecular flexibility index (Phi) is 4.08. The third-order valence-corrected chi connectivity index (χ3v) is 3.62. The first-order chi connectivity index (χ1) is 10.5. The minimum absolute atomic E-state index is 0.0397. The van der Waals surface area contributed by atoms with Crippen molar-refractivity contribution in [2.45, 2.75) is 39.5 Å². The van der Waals surface area contributed by atoms with Gasteiger partial charge in [-0.3, -0.25) is 9.88 Å². The first-order valence-corrected chi connectivity index (χ1v) is 7.34. The van der Waals surface area contributed by atoms with Gasteiger partial charge in [-0.2, -0.15) is 0 Å². The topological polar surface area (TPSA) is 84.5 Å². The molecule has 1 N–H and O–H groups in total. The van der Waals surface area contributed by atoms with Gasteiger partial charge in [-0.1, -0.05) is 0 Å². The van der Waals surface area contributed by atoms with E-state index in [1.165, 1.54) is 0 Å². The highest BCUT2D eigenvalue weighted by molar-refractivity contribution is 5.27. The molecule has 2 aromatic rings. The van der Waals surface area contributed by atoms with E-state index in [1.54, 1.807) is 19.1 Å². The van der Waals surface area contributed by atoms with Gasteiger partial charge in [-0.25, -0.2) is 0 Å². The van der Waals surface area contributed by atoms with Crippen molar-refractivity contribution in [3.8, 4) is 5.75 Å². The Hall–Kier alpha value is -1.99. The standard InChI is InChI=1S/C15H20N4O3/c1-9-4-5-13(20)12(16-9)7-19-6-10(2)21-14(8-19)15-18-17-11(3)22-15/h4-5,10,14,20H,6-8H2,1-3H3/t10-,14-/m1/s1. The van der Waals surface area contributed by atoms with E-state index in [9.17, 15) is 5.11 Å². The minimum atomic E-state index is -0.253. The molecule has 7 nitrogen and oxygen atoms in total. The van der Waals surface area contributed by atoms with Crippen LogP contribution in [0.15, 0.2) is 16.5 Å². The Morgan fingerprint density at radius 1 is 1.27 bits per heavy atom. The molecule has 0 aliphatic carbocycles. The zero-order valence-electron chi connectivity index (χ0n) is 13.0. The molecule has 118 valence electrons. The highest BCUT2D eigenvalue weighted by atomic mass is 16.5. The molecule has 2 aromatic heterocycles. The van der Waals surface area contributed by atoms with Crippen molar-refractivity contribution in [3.05, 3.63) is 35.3 Å². The Morgan fingerprint density at radius 3 is 2.82 bits per heavy atom. The fourth-order valence-corrected chi connectivity index (χ4v) is 2.68. The number of hydrogen-bond acceptors (Lipinski definition) is 7. The summed E-state index contributed by atoms with van der Waals surface area (Å²) in [6.45, 7) is 7.63. The normalized spacial score (nSPS) is 22.9. The molecule has 3 heterocycles. The smallest absolute Gasteiger partial charge is 0.246 e. The lowest BCUT2D eigenvalue weighted by molar-refractivity contribution is -0.0921. The lowest BCUT2D eigenvalue weighted by Gasteiger charge is -2.35. The second kappa shape index (κ2) is 6.02. The SMILES string of the molecule is Cc1ccc(O)c(CN2C[C@@H](C)O[C@@H](c3nnc(C)o3)C2)n1. The van der Waals surface area contributed by atoms with Crippen LogP contribution in [0.2, 0.25) is 0 Å². The fraction of sp³-hybridized carbons (Fsp3) is 0.533. The maximum atomic E-state index is 9.96. The van der Waals surface area contributed by atoms with Gasteiger partial charge < -0.3 is 14.3 Å². The van der Waals surface area contributed by atoms with Gasteiger partial charge in [-0.15, -0.1) is 10.2 Å². The largest absolute Gasteiger partial charge is 0.506 e. The first kappa shape index (κ1) is 14.9. The number of ether oxygens (including phenoxy) is 1. The van der Waals surface area contributed by atoms with E-state index in [-0.39, 0.29) is 18.0 Å². The Bertz CT molecular complexity index is 658. The van der Waals surface area contributed by atoms with Gasteiger partial charge in [0, 0.05) is 32.3 Å². The summed E-state index contributed by atoms with van der Waals surface area (Å²) >= 11 is 0. The summed E-state index contributed by atoms with van der Waals surface area (Å²) in [6.07, 6.45) is -0.213. The number of aryl methyl sites for hydroxylation is 2. The van der Waals surface area contributed by atoms with E-state index in [2.05, 4.69) is 20.1 Å². The molecule has 1 fully saturated rings. The van der Waals surface area contributed by atoms with Crippen molar-refractivity contribution >= 4 is 0 Å². The van der Waals surface area contributed by atoms with E-state index in [1.807, 2.05) is 13.8 Å². The third-order valence-electron chi connectivity index (χ3n) is 3.62. The predicted molar refractivity (Wildman–Crippen MR) is 78.2 cm³/mol. The highest BCUT2D eigenvalue weighted by Gasteiger charge is 2.30. The number of hydrogen-bond donors (Lipinski definition) is 1. The maximum absolute atomic E-state index is 9.96. The summed E-state index contributed by atoms with van der Waals surface area (Å²) in [5.74, 6) is 1.24. The summed E-state index contributed by atoms with van der Waals surface area (Å²) in [6, 6.07) is 3.48. The molecule has 0 spiro atoms. The Morgan fingerprint density at radius 2 is 2.09 bits per heavy atom. The zero-order chi connectivity index (χ0) is 15.7. The van der Waals surface area contributed by atoms with Gasteiger partial charge in [0.1, 0.15) is 11.9 Å². The fourth-order valence-electron chi connectivity index (χ4n) is 2.68. The lowest BCUT2D eigenvalue weighted by Crippen LogP contribution is -2.42. The summed E-state index contributed by atoms with van der Waals surface area (Å²) in [7, 11) is 0. The molecule has 0 aromatic carbocycles. The number of aromatic hydroxyl groups is 1. The van der Waals surface area contributed by atoms with E-state index in [0.717, 1.165) is 12.2 Å². The molecule has 1 aliphatic heterocycles. The number of nitrogens with zero attached hydrogens (tertiary/aromatic N) is 4.